The molecule has 3 rings (SSSR count). The SMILES string of the molecule is CCNC(=NCc1ccc(N(CC)CC)c(F)c1)NCc1nnc2ccccn12.I. The number of guanidine groups is 1. The molecule has 0 spiro atoms. The van der Waals surface area contributed by atoms with Crippen LogP contribution < -0.4 is 15.5 Å². The first kappa shape index (κ1) is 23.8. The molecule has 162 valence electrons. The largest absolute Gasteiger partial charge is 0.370 e. The number of aromatic nitrogens is 3. The number of nitrogens with zero attached hydrogens (tertiary/aromatic N) is 5. The molecule has 9 heteroatoms. The van der Waals surface area contributed by atoms with Crippen LogP contribution in [-0.2, 0) is 13.1 Å². The van der Waals surface area contributed by atoms with Crippen molar-refractivity contribution in [2.24, 2.45) is 4.99 Å². The number of aliphatic imine (C=N–C) groups is 1. The maximum Gasteiger partial charge on any atom is 0.191 e. The predicted octanol–water partition coefficient (Wildman–Crippen LogP) is 3.59. The molecule has 3 aromatic rings. The van der Waals surface area contributed by atoms with Crippen LogP contribution in [-0.4, -0.2) is 40.2 Å². The Bertz CT molecular complexity index is 969. The van der Waals surface area contributed by atoms with Crippen molar-refractivity contribution >= 4 is 41.3 Å². The van der Waals surface area contributed by atoms with Gasteiger partial charge in [-0.2, -0.15) is 0 Å². The van der Waals surface area contributed by atoms with Crippen molar-refractivity contribution in [2.45, 2.75) is 33.9 Å². The number of halogens is 2. The zero-order valence-electron chi connectivity index (χ0n) is 17.6. The van der Waals surface area contributed by atoms with E-state index >= 15 is 0 Å². The Morgan fingerprint density at radius 1 is 1.10 bits per heavy atom. The van der Waals surface area contributed by atoms with Gasteiger partial charge < -0.3 is 15.5 Å². The second-order valence-corrected chi connectivity index (χ2v) is 6.55. The fourth-order valence-electron chi connectivity index (χ4n) is 3.16. The lowest BCUT2D eigenvalue weighted by Gasteiger charge is -2.21. The first-order chi connectivity index (χ1) is 14.2. The summed E-state index contributed by atoms with van der Waals surface area (Å²) in [7, 11) is 0. The van der Waals surface area contributed by atoms with Crippen molar-refractivity contribution < 1.29 is 4.39 Å². The van der Waals surface area contributed by atoms with Crippen LogP contribution in [0, 0.1) is 5.82 Å². The third kappa shape index (κ3) is 5.80. The van der Waals surface area contributed by atoms with E-state index in [9.17, 15) is 4.39 Å². The molecule has 30 heavy (non-hydrogen) atoms. The van der Waals surface area contributed by atoms with Crippen LogP contribution in [0.25, 0.3) is 5.65 Å². The predicted molar refractivity (Wildman–Crippen MR) is 130 cm³/mol. The Hall–Kier alpha value is -2.43. The normalized spacial score (nSPS) is 11.3. The topological polar surface area (TPSA) is 69.8 Å². The highest BCUT2D eigenvalue weighted by Gasteiger charge is 2.09. The molecule has 0 saturated heterocycles. The Morgan fingerprint density at radius 3 is 2.60 bits per heavy atom. The fourth-order valence-corrected chi connectivity index (χ4v) is 3.16. The molecule has 0 aliphatic carbocycles. The molecule has 0 aliphatic heterocycles. The molecule has 0 radical (unpaired) electrons. The third-order valence-corrected chi connectivity index (χ3v) is 4.68. The van der Waals surface area contributed by atoms with Gasteiger partial charge in [0.2, 0.25) is 0 Å². The number of anilines is 1. The summed E-state index contributed by atoms with van der Waals surface area (Å²) in [5, 5.41) is 14.8. The Labute approximate surface area is 193 Å². The van der Waals surface area contributed by atoms with Gasteiger partial charge in [-0.05, 0) is 50.6 Å². The summed E-state index contributed by atoms with van der Waals surface area (Å²) in [5.74, 6) is 1.23. The van der Waals surface area contributed by atoms with Crippen LogP contribution in [0.3, 0.4) is 0 Å². The molecule has 0 unspecified atom stereocenters. The van der Waals surface area contributed by atoms with Gasteiger partial charge in [0.15, 0.2) is 17.4 Å². The van der Waals surface area contributed by atoms with Crippen LogP contribution in [0.1, 0.15) is 32.2 Å². The van der Waals surface area contributed by atoms with E-state index in [1.807, 2.05) is 66.6 Å². The minimum Gasteiger partial charge on any atom is -0.370 e. The molecule has 0 bridgehead atoms. The number of hydrogen-bond donors (Lipinski definition) is 2. The van der Waals surface area contributed by atoms with E-state index in [-0.39, 0.29) is 29.8 Å². The number of rotatable bonds is 8. The molecule has 7 nitrogen and oxygen atoms in total. The first-order valence-electron chi connectivity index (χ1n) is 10.00. The van der Waals surface area contributed by atoms with E-state index in [1.54, 1.807) is 6.07 Å². The molecular formula is C21H29FIN7. The van der Waals surface area contributed by atoms with Gasteiger partial charge in [0.25, 0.3) is 0 Å². The highest BCUT2D eigenvalue weighted by atomic mass is 127. The number of pyridine rings is 1. The molecule has 2 N–H and O–H groups in total. The van der Waals surface area contributed by atoms with Crippen LogP contribution in [0.2, 0.25) is 0 Å². The van der Waals surface area contributed by atoms with Gasteiger partial charge in [0.1, 0.15) is 5.82 Å². The summed E-state index contributed by atoms with van der Waals surface area (Å²) in [5.41, 5.74) is 2.25. The Kier molecular flexibility index (Phi) is 9.28. The molecule has 0 aliphatic rings. The van der Waals surface area contributed by atoms with Crippen molar-refractivity contribution in [3.05, 3.63) is 59.8 Å². The summed E-state index contributed by atoms with van der Waals surface area (Å²) in [6.07, 6.45) is 1.93. The molecular weight excluding hydrogens is 496 g/mol. The van der Waals surface area contributed by atoms with Crippen LogP contribution in [0.15, 0.2) is 47.6 Å². The van der Waals surface area contributed by atoms with Crippen molar-refractivity contribution in [1.29, 1.82) is 0 Å². The van der Waals surface area contributed by atoms with Crippen LogP contribution in [0.4, 0.5) is 10.1 Å². The zero-order valence-corrected chi connectivity index (χ0v) is 19.9. The number of fused-ring (bicyclic) bond motifs is 1. The quantitative estimate of drug-likeness (QED) is 0.267. The van der Waals surface area contributed by atoms with E-state index in [1.165, 1.54) is 0 Å². The molecule has 0 atom stereocenters. The van der Waals surface area contributed by atoms with E-state index in [4.69, 9.17) is 0 Å². The molecule has 0 amide bonds. The summed E-state index contributed by atoms with van der Waals surface area (Å²) in [6.45, 7) is 9.18. The van der Waals surface area contributed by atoms with Crippen LogP contribution in [0.5, 0.6) is 0 Å². The highest BCUT2D eigenvalue weighted by Crippen LogP contribution is 2.20. The molecule has 0 fully saturated rings. The monoisotopic (exact) mass is 525 g/mol. The van der Waals surface area contributed by atoms with E-state index in [2.05, 4.69) is 25.8 Å². The summed E-state index contributed by atoms with van der Waals surface area (Å²) >= 11 is 0. The smallest absolute Gasteiger partial charge is 0.191 e. The lowest BCUT2D eigenvalue weighted by molar-refractivity contribution is 0.617. The van der Waals surface area contributed by atoms with E-state index in [0.717, 1.165) is 36.7 Å². The van der Waals surface area contributed by atoms with Gasteiger partial charge in [0, 0.05) is 25.8 Å². The third-order valence-electron chi connectivity index (χ3n) is 4.68. The average Bonchev–Trinajstić information content (AvgIpc) is 3.15. The standard InChI is InChI=1S/C21H28FN7.HI/c1-4-23-21(25-15-20-27-26-19-9-7-8-12-29(19)20)24-14-16-10-11-18(17(22)13-16)28(5-2)6-3;/h7-13H,4-6,14-15H2,1-3H3,(H2,23,24,25);1H. The first-order valence-corrected chi connectivity index (χ1v) is 10.00. The molecule has 2 aromatic heterocycles. The number of nitrogens with one attached hydrogen (secondary N) is 2. The minimum absolute atomic E-state index is 0. The van der Waals surface area contributed by atoms with Gasteiger partial charge in [-0.15, -0.1) is 34.2 Å². The molecule has 0 saturated carbocycles. The van der Waals surface area contributed by atoms with E-state index in [0.29, 0.717) is 24.7 Å². The minimum atomic E-state index is -0.214. The average molecular weight is 525 g/mol. The maximum absolute atomic E-state index is 14.5. The second-order valence-electron chi connectivity index (χ2n) is 6.55. The lowest BCUT2D eigenvalue weighted by atomic mass is 10.2. The Morgan fingerprint density at radius 2 is 1.90 bits per heavy atom. The Balaban J connectivity index is 0.00000320. The van der Waals surface area contributed by atoms with Gasteiger partial charge in [-0.25, -0.2) is 9.38 Å². The zero-order chi connectivity index (χ0) is 20.6. The number of hydrogen-bond acceptors (Lipinski definition) is 4. The summed E-state index contributed by atoms with van der Waals surface area (Å²) in [4.78, 5) is 6.57. The summed E-state index contributed by atoms with van der Waals surface area (Å²) < 4.78 is 16.4. The van der Waals surface area contributed by atoms with Crippen molar-refractivity contribution in [3.63, 3.8) is 0 Å². The highest BCUT2D eigenvalue weighted by molar-refractivity contribution is 14.0. The van der Waals surface area contributed by atoms with Gasteiger partial charge in [0.05, 0.1) is 18.8 Å². The number of benzene rings is 1. The van der Waals surface area contributed by atoms with Gasteiger partial charge >= 0.3 is 0 Å². The molecule has 2 heterocycles. The fraction of sp³-hybridized carbons (Fsp3) is 0.381. The van der Waals surface area contributed by atoms with Crippen LogP contribution >= 0.6 is 24.0 Å². The van der Waals surface area contributed by atoms with Crippen molar-refractivity contribution in [3.8, 4) is 0 Å². The molecule has 1 aromatic carbocycles. The maximum atomic E-state index is 14.5. The van der Waals surface area contributed by atoms with Crippen molar-refractivity contribution in [1.82, 2.24) is 25.2 Å². The van der Waals surface area contributed by atoms with Gasteiger partial charge in [-0.1, -0.05) is 12.1 Å². The van der Waals surface area contributed by atoms with Gasteiger partial charge in [-0.3, -0.25) is 4.40 Å². The van der Waals surface area contributed by atoms with E-state index < -0.39 is 0 Å². The van der Waals surface area contributed by atoms with Crippen molar-refractivity contribution in [2.75, 3.05) is 24.5 Å². The lowest BCUT2D eigenvalue weighted by Crippen LogP contribution is -2.37. The second kappa shape index (κ2) is 11.7. The summed E-state index contributed by atoms with van der Waals surface area (Å²) in [6, 6.07) is 11.1.